The van der Waals surface area contributed by atoms with Gasteiger partial charge in [-0.05, 0) is 17.7 Å². The van der Waals surface area contributed by atoms with Crippen LogP contribution in [0, 0.1) is 11.3 Å². The Balaban J connectivity index is 1.75. The molecule has 6 heteroatoms. The molecule has 1 aromatic carbocycles. The lowest BCUT2D eigenvalue weighted by molar-refractivity contribution is -0.135. The first-order chi connectivity index (χ1) is 10.7. The summed E-state index contributed by atoms with van der Waals surface area (Å²) in [6.45, 7) is 3.75. The molecule has 1 heterocycles. The number of piperazine rings is 1. The highest BCUT2D eigenvalue weighted by atomic mass is 16.5. The maximum Gasteiger partial charge on any atom is 0.260 e. The second kappa shape index (κ2) is 8.37. The number of aliphatic hydroxyl groups is 1. The lowest BCUT2D eigenvalue weighted by atomic mass is 10.2. The van der Waals surface area contributed by atoms with E-state index in [1.165, 1.54) is 0 Å². The van der Waals surface area contributed by atoms with Crippen LogP contribution in [0.25, 0.3) is 0 Å². The van der Waals surface area contributed by atoms with Crippen molar-refractivity contribution in [2.45, 2.75) is 6.42 Å². The van der Waals surface area contributed by atoms with Gasteiger partial charge in [-0.25, -0.2) is 0 Å². The van der Waals surface area contributed by atoms with Crippen molar-refractivity contribution in [3.05, 3.63) is 29.8 Å². The van der Waals surface area contributed by atoms with E-state index in [0.29, 0.717) is 31.8 Å². The summed E-state index contributed by atoms with van der Waals surface area (Å²) >= 11 is 0. The summed E-state index contributed by atoms with van der Waals surface area (Å²) in [5, 5.41) is 17.5. The molecule has 6 nitrogen and oxygen atoms in total. The van der Waals surface area contributed by atoms with Crippen molar-refractivity contribution in [1.82, 2.24) is 9.80 Å². The summed E-state index contributed by atoms with van der Waals surface area (Å²) in [6, 6.07) is 9.30. The predicted molar refractivity (Wildman–Crippen MR) is 81.4 cm³/mol. The third-order valence-corrected chi connectivity index (χ3v) is 3.71. The number of nitrogens with zero attached hydrogens (tertiary/aromatic N) is 3. The van der Waals surface area contributed by atoms with E-state index in [9.17, 15) is 4.79 Å². The summed E-state index contributed by atoms with van der Waals surface area (Å²) in [5.41, 5.74) is 0.932. The molecule has 0 radical (unpaired) electrons. The number of β-amino-alcohol motifs (C(OH)–C–C–N with tert-alkyl or cyclic N) is 1. The standard InChI is InChI=1S/C16H21N3O3/c17-6-5-14-1-3-15(4-2-14)22-13-16(21)19-9-7-18(8-10-19)11-12-20/h1-4,20H,5,7-13H2. The normalized spacial score (nSPS) is 15.4. The van der Waals surface area contributed by atoms with E-state index in [0.717, 1.165) is 18.7 Å². The van der Waals surface area contributed by atoms with Crippen LogP contribution in [0.1, 0.15) is 5.56 Å². The van der Waals surface area contributed by atoms with Gasteiger partial charge in [0.25, 0.3) is 5.91 Å². The van der Waals surface area contributed by atoms with Crippen molar-refractivity contribution in [3.8, 4) is 11.8 Å². The van der Waals surface area contributed by atoms with E-state index in [1.807, 2.05) is 12.1 Å². The molecule has 1 amide bonds. The van der Waals surface area contributed by atoms with Crippen LogP contribution in [-0.4, -0.2) is 66.8 Å². The van der Waals surface area contributed by atoms with Crippen molar-refractivity contribution in [1.29, 1.82) is 5.26 Å². The number of amides is 1. The molecule has 0 spiro atoms. The van der Waals surface area contributed by atoms with Gasteiger partial charge in [0.1, 0.15) is 5.75 Å². The third-order valence-electron chi connectivity index (χ3n) is 3.71. The largest absolute Gasteiger partial charge is 0.484 e. The molecule has 0 aliphatic carbocycles. The van der Waals surface area contributed by atoms with E-state index in [1.54, 1.807) is 17.0 Å². The zero-order valence-electron chi connectivity index (χ0n) is 12.6. The molecule has 0 saturated carbocycles. The van der Waals surface area contributed by atoms with Gasteiger partial charge in [0, 0.05) is 32.7 Å². The molecule has 1 N–H and O–H groups in total. The van der Waals surface area contributed by atoms with E-state index < -0.39 is 0 Å². The highest BCUT2D eigenvalue weighted by Gasteiger charge is 2.20. The molecule has 1 aliphatic rings. The van der Waals surface area contributed by atoms with Crippen LogP contribution in [0.4, 0.5) is 0 Å². The lowest BCUT2D eigenvalue weighted by Crippen LogP contribution is -2.50. The summed E-state index contributed by atoms with van der Waals surface area (Å²) in [6.07, 6.45) is 0.372. The van der Waals surface area contributed by atoms with E-state index in [-0.39, 0.29) is 19.1 Å². The minimum Gasteiger partial charge on any atom is -0.484 e. The highest BCUT2D eigenvalue weighted by molar-refractivity contribution is 5.77. The van der Waals surface area contributed by atoms with Crippen LogP contribution in [0.3, 0.4) is 0 Å². The summed E-state index contributed by atoms with van der Waals surface area (Å²) in [5.74, 6) is 0.610. The first-order valence-electron chi connectivity index (χ1n) is 7.42. The predicted octanol–water partition coefficient (Wildman–Crippen LogP) is 0.268. The minimum absolute atomic E-state index is 0.0234. The molecular formula is C16H21N3O3. The number of ether oxygens (including phenoxy) is 1. The van der Waals surface area contributed by atoms with E-state index in [2.05, 4.69) is 11.0 Å². The average Bonchev–Trinajstić information content (AvgIpc) is 2.55. The Hall–Kier alpha value is -2.10. The number of rotatable bonds is 6. The SMILES string of the molecule is N#CCc1ccc(OCC(=O)N2CCN(CCO)CC2)cc1. The highest BCUT2D eigenvalue weighted by Crippen LogP contribution is 2.13. The molecule has 1 aliphatic heterocycles. The van der Waals surface area contributed by atoms with Gasteiger partial charge in [-0.2, -0.15) is 5.26 Å². The molecule has 0 bridgehead atoms. The van der Waals surface area contributed by atoms with Gasteiger partial charge in [-0.15, -0.1) is 0 Å². The van der Waals surface area contributed by atoms with Gasteiger partial charge in [0.05, 0.1) is 19.1 Å². The van der Waals surface area contributed by atoms with Crippen LogP contribution in [-0.2, 0) is 11.2 Å². The molecule has 22 heavy (non-hydrogen) atoms. The summed E-state index contributed by atoms with van der Waals surface area (Å²) < 4.78 is 5.50. The topological polar surface area (TPSA) is 76.8 Å². The maximum atomic E-state index is 12.1. The number of carbonyl (C=O) groups is 1. The molecule has 1 aromatic rings. The van der Waals surface area contributed by atoms with Gasteiger partial charge < -0.3 is 14.7 Å². The number of hydrogen-bond acceptors (Lipinski definition) is 5. The molecule has 1 saturated heterocycles. The number of carbonyl (C=O) groups excluding carboxylic acids is 1. The fourth-order valence-electron chi connectivity index (χ4n) is 2.39. The van der Waals surface area contributed by atoms with Gasteiger partial charge in [0.15, 0.2) is 6.61 Å². The Kier molecular flexibility index (Phi) is 6.19. The fraction of sp³-hybridized carbons (Fsp3) is 0.500. The van der Waals surface area contributed by atoms with Gasteiger partial charge in [0.2, 0.25) is 0 Å². The zero-order chi connectivity index (χ0) is 15.8. The molecule has 118 valence electrons. The lowest BCUT2D eigenvalue weighted by Gasteiger charge is -2.34. The maximum absolute atomic E-state index is 12.1. The van der Waals surface area contributed by atoms with Gasteiger partial charge in [-0.1, -0.05) is 12.1 Å². The van der Waals surface area contributed by atoms with E-state index >= 15 is 0 Å². The summed E-state index contributed by atoms with van der Waals surface area (Å²) in [7, 11) is 0. The molecular weight excluding hydrogens is 282 g/mol. The number of hydrogen-bond donors (Lipinski definition) is 1. The van der Waals surface area contributed by atoms with Gasteiger partial charge >= 0.3 is 0 Å². The number of nitriles is 1. The van der Waals surface area contributed by atoms with Crippen LogP contribution in [0.2, 0.25) is 0 Å². The number of aliphatic hydroxyl groups excluding tert-OH is 1. The zero-order valence-corrected chi connectivity index (χ0v) is 12.6. The van der Waals surface area contributed by atoms with Crippen LogP contribution >= 0.6 is 0 Å². The van der Waals surface area contributed by atoms with Crippen molar-refractivity contribution < 1.29 is 14.6 Å². The van der Waals surface area contributed by atoms with Crippen molar-refractivity contribution >= 4 is 5.91 Å². The Morgan fingerprint density at radius 1 is 1.23 bits per heavy atom. The molecule has 1 fully saturated rings. The Labute approximate surface area is 130 Å². The van der Waals surface area contributed by atoms with Gasteiger partial charge in [-0.3, -0.25) is 9.69 Å². The van der Waals surface area contributed by atoms with Crippen LogP contribution < -0.4 is 4.74 Å². The first kappa shape index (κ1) is 16.3. The second-order valence-electron chi connectivity index (χ2n) is 5.21. The van der Waals surface area contributed by atoms with Crippen molar-refractivity contribution in [3.63, 3.8) is 0 Å². The minimum atomic E-state index is -0.0234. The average molecular weight is 303 g/mol. The van der Waals surface area contributed by atoms with Crippen LogP contribution in [0.15, 0.2) is 24.3 Å². The second-order valence-corrected chi connectivity index (χ2v) is 5.21. The Bertz CT molecular complexity index is 516. The molecule has 0 aromatic heterocycles. The van der Waals surface area contributed by atoms with Crippen molar-refractivity contribution in [2.75, 3.05) is 45.9 Å². The fourth-order valence-corrected chi connectivity index (χ4v) is 2.39. The van der Waals surface area contributed by atoms with Crippen molar-refractivity contribution in [2.24, 2.45) is 0 Å². The Morgan fingerprint density at radius 2 is 1.91 bits per heavy atom. The quantitative estimate of drug-likeness (QED) is 0.816. The molecule has 2 rings (SSSR count). The van der Waals surface area contributed by atoms with Crippen LogP contribution in [0.5, 0.6) is 5.75 Å². The molecule has 0 unspecified atom stereocenters. The number of benzene rings is 1. The Morgan fingerprint density at radius 3 is 2.50 bits per heavy atom. The smallest absolute Gasteiger partial charge is 0.260 e. The third kappa shape index (κ3) is 4.72. The monoisotopic (exact) mass is 303 g/mol. The first-order valence-corrected chi connectivity index (χ1v) is 7.42. The molecule has 0 atom stereocenters. The van der Waals surface area contributed by atoms with E-state index in [4.69, 9.17) is 15.1 Å². The summed E-state index contributed by atoms with van der Waals surface area (Å²) in [4.78, 5) is 16.0.